The van der Waals surface area contributed by atoms with Crippen LogP contribution in [0.15, 0.2) is 90.1 Å². The summed E-state index contributed by atoms with van der Waals surface area (Å²) in [6.45, 7) is 6.79. The Morgan fingerprint density at radius 2 is 1.50 bits per heavy atom. The lowest BCUT2D eigenvalue weighted by molar-refractivity contribution is -0.143. The van der Waals surface area contributed by atoms with Crippen molar-refractivity contribution in [2.75, 3.05) is 7.11 Å². The highest BCUT2D eigenvalue weighted by molar-refractivity contribution is 7.00. The molecule has 0 amide bonds. The Labute approximate surface area is 202 Å². The number of carbonyl (C=O) groups excluding carboxylic acids is 1. The van der Waals surface area contributed by atoms with E-state index >= 15 is 0 Å². The van der Waals surface area contributed by atoms with Gasteiger partial charge in [-0.2, -0.15) is 0 Å². The molecule has 1 heterocycles. The molecule has 34 heavy (non-hydrogen) atoms. The van der Waals surface area contributed by atoms with Gasteiger partial charge in [0.2, 0.25) is 0 Å². The molecule has 3 aromatic carbocycles. The van der Waals surface area contributed by atoms with E-state index in [1.54, 1.807) is 0 Å². The number of rotatable bonds is 7. The van der Waals surface area contributed by atoms with Crippen molar-refractivity contribution < 1.29 is 18.8 Å². The van der Waals surface area contributed by atoms with Crippen molar-refractivity contribution in [2.24, 2.45) is 5.16 Å². The van der Waals surface area contributed by atoms with Crippen LogP contribution in [0.25, 0.3) is 0 Å². The lowest BCUT2D eigenvalue weighted by atomic mass is 10.0. The van der Waals surface area contributed by atoms with E-state index in [4.69, 9.17) is 14.0 Å². The van der Waals surface area contributed by atoms with Crippen LogP contribution < -0.4 is 14.8 Å². The molecule has 0 saturated heterocycles. The number of carbonyl (C=O) groups is 1. The minimum absolute atomic E-state index is 0.112. The van der Waals surface area contributed by atoms with Gasteiger partial charge in [0.25, 0.3) is 0 Å². The summed E-state index contributed by atoms with van der Waals surface area (Å²) in [6, 6.07) is 29.2. The van der Waals surface area contributed by atoms with Crippen LogP contribution >= 0.6 is 0 Å². The summed E-state index contributed by atoms with van der Waals surface area (Å²) in [5.74, 6) is 0.527. The molecule has 176 valence electrons. The summed E-state index contributed by atoms with van der Waals surface area (Å²) in [4.78, 5) is 17.0. The van der Waals surface area contributed by atoms with Crippen LogP contribution in [0.4, 0.5) is 0 Å². The van der Waals surface area contributed by atoms with Crippen LogP contribution in [0.3, 0.4) is 0 Å². The Morgan fingerprint density at radius 3 is 2.00 bits per heavy atom. The summed E-state index contributed by atoms with van der Waals surface area (Å²) >= 11 is 0. The highest BCUT2D eigenvalue weighted by atomic mass is 28.4. The minimum atomic E-state index is -2.68. The van der Waals surface area contributed by atoms with Gasteiger partial charge in [0.1, 0.15) is 11.9 Å². The minimum Gasteiger partial charge on any atom is -0.534 e. The van der Waals surface area contributed by atoms with E-state index in [-0.39, 0.29) is 23.5 Å². The smallest absolute Gasteiger partial charge is 0.319 e. The van der Waals surface area contributed by atoms with Gasteiger partial charge in [0.05, 0.1) is 19.2 Å². The maximum absolute atomic E-state index is 11.5. The molecule has 0 aromatic heterocycles. The third-order valence-electron chi connectivity index (χ3n) is 6.23. The average molecular weight is 474 g/mol. The first-order chi connectivity index (χ1) is 16.3. The molecule has 0 fully saturated rings. The zero-order valence-corrected chi connectivity index (χ0v) is 21.2. The number of nitrogens with zero attached hydrogens (tertiary/aromatic N) is 1. The van der Waals surface area contributed by atoms with Crippen LogP contribution in [0.5, 0.6) is 5.75 Å². The van der Waals surface area contributed by atoms with E-state index in [0.29, 0.717) is 6.42 Å². The van der Waals surface area contributed by atoms with E-state index in [1.165, 1.54) is 17.5 Å². The average Bonchev–Trinajstić information content (AvgIpc) is 3.31. The summed E-state index contributed by atoms with van der Waals surface area (Å²) < 4.78 is 11.8. The first-order valence-electron chi connectivity index (χ1n) is 11.5. The molecule has 4 rings (SSSR count). The van der Waals surface area contributed by atoms with Gasteiger partial charge < -0.3 is 14.0 Å². The molecule has 0 aliphatic carbocycles. The molecule has 0 N–H and O–H groups in total. The normalized spacial score (nSPS) is 15.9. The standard InChI is InChI=1S/C28H31NO4Si/c1-28(2,3)34(24-11-7-5-8-12-24,25-13-9-6-10-14-25)33-22-17-15-21(16-18-22)26-19-23(32-29-26)20-27(30)31-4/h5-18,23H,19-20H2,1-4H3. The molecule has 1 atom stereocenters. The fraction of sp³-hybridized carbons (Fsp3) is 0.286. The molecule has 0 bridgehead atoms. The zero-order chi connectivity index (χ0) is 24.2. The third-order valence-corrected chi connectivity index (χ3v) is 11.2. The Bertz CT molecular complexity index is 1100. The maximum Gasteiger partial charge on any atom is 0.319 e. The first-order valence-corrected chi connectivity index (χ1v) is 13.4. The maximum atomic E-state index is 11.5. The monoisotopic (exact) mass is 473 g/mol. The van der Waals surface area contributed by atoms with Gasteiger partial charge in [-0.3, -0.25) is 4.79 Å². The molecule has 5 nitrogen and oxygen atoms in total. The van der Waals surface area contributed by atoms with E-state index in [0.717, 1.165) is 17.0 Å². The molecule has 1 aliphatic rings. The molecule has 6 heteroatoms. The van der Waals surface area contributed by atoms with Gasteiger partial charge in [-0.05, 0) is 45.2 Å². The number of hydrogen-bond donors (Lipinski definition) is 0. The van der Waals surface area contributed by atoms with Crippen molar-refractivity contribution in [3.63, 3.8) is 0 Å². The van der Waals surface area contributed by atoms with Crippen molar-refractivity contribution in [1.29, 1.82) is 0 Å². The highest BCUT2D eigenvalue weighted by Gasteiger charge is 2.52. The van der Waals surface area contributed by atoms with E-state index in [1.807, 2.05) is 36.4 Å². The number of oxime groups is 1. The second-order valence-corrected chi connectivity index (χ2v) is 13.8. The lowest BCUT2D eigenvalue weighted by Gasteiger charge is -2.43. The second-order valence-electron chi connectivity index (χ2n) is 9.54. The summed E-state index contributed by atoms with van der Waals surface area (Å²) in [6.07, 6.45) is 0.484. The largest absolute Gasteiger partial charge is 0.534 e. The van der Waals surface area contributed by atoms with E-state index in [9.17, 15) is 4.79 Å². The van der Waals surface area contributed by atoms with Crippen molar-refractivity contribution in [3.8, 4) is 5.75 Å². The van der Waals surface area contributed by atoms with Crippen LogP contribution in [0.2, 0.25) is 5.04 Å². The topological polar surface area (TPSA) is 57.1 Å². The van der Waals surface area contributed by atoms with Crippen molar-refractivity contribution in [1.82, 2.24) is 0 Å². The zero-order valence-electron chi connectivity index (χ0n) is 20.2. The highest BCUT2D eigenvalue weighted by Crippen LogP contribution is 2.37. The quantitative estimate of drug-likeness (QED) is 0.369. The molecule has 3 aromatic rings. The molecular formula is C28H31NO4Si. The predicted octanol–water partition coefficient (Wildman–Crippen LogP) is 4.68. The number of benzene rings is 3. The predicted molar refractivity (Wildman–Crippen MR) is 137 cm³/mol. The first kappa shape index (κ1) is 23.8. The fourth-order valence-corrected chi connectivity index (χ4v) is 8.94. The van der Waals surface area contributed by atoms with E-state index in [2.05, 4.69) is 74.5 Å². The SMILES string of the molecule is COC(=O)CC1CC(c2ccc(O[Si](c3ccccc3)(c3ccccc3)C(C)(C)C)cc2)=NO1. The summed E-state index contributed by atoms with van der Waals surface area (Å²) in [5, 5.41) is 6.54. The molecule has 1 unspecified atom stereocenters. The third kappa shape index (κ3) is 4.77. The molecule has 0 saturated carbocycles. The number of methoxy groups -OCH3 is 1. The number of esters is 1. The van der Waals surface area contributed by atoms with Crippen molar-refractivity contribution in [2.45, 2.75) is 44.8 Å². The van der Waals surface area contributed by atoms with E-state index < -0.39 is 8.32 Å². The van der Waals surface area contributed by atoms with Gasteiger partial charge in [-0.1, -0.05) is 86.6 Å². The second kappa shape index (κ2) is 9.85. The lowest BCUT2D eigenvalue weighted by Crippen LogP contribution is -2.68. The fourth-order valence-electron chi connectivity index (χ4n) is 4.52. The van der Waals surface area contributed by atoms with Gasteiger partial charge >= 0.3 is 14.3 Å². The molecule has 0 radical (unpaired) electrons. The Hall–Kier alpha value is -3.38. The number of ether oxygens (including phenoxy) is 1. The van der Waals surface area contributed by atoms with Crippen LogP contribution in [-0.4, -0.2) is 33.2 Å². The molecule has 0 spiro atoms. The van der Waals surface area contributed by atoms with Gasteiger partial charge in [-0.25, -0.2) is 0 Å². The summed E-state index contributed by atoms with van der Waals surface area (Å²) in [7, 11) is -1.30. The van der Waals surface area contributed by atoms with Gasteiger partial charge in [0, 0.05) is 6.42 Å². The van der Waals surface area contributed by atoms with Crippen LogP contribution in [0, 0.1) is 0 Å². The summed E-state index contributed by atoms with van der Waals surface area (Å²) in [5.41, 5.74) is 1.79. The Kier molecular flexibility index (Phi) is 6.89. The van der Waals surface area contributed by atoms with Crippen molar-refractivity contribution in [3.05, 3.63) is 90.5 Å². The Morgan fingerprint density at radius 1 is 0.941 bits per heavy atom. The molecular weight excluding hydrogens is 442 g/mol. The van der Waals surface area contributed by atoms with Gasteiger partial charge in [0.15, 0.2) is 0 Å². The Balaban J connectivity index is 1.64. The van der Waals surface area contributed by atoms with Crippen LogP contribution in [0.1, 0.15) is 39.2 Å². The van der Waals surface area contributed by atoms with Gasteiger partial charge in [-0.15, -0.1) is 0 Å². The molecule has 1 aliphatic heterocycles. The van der Waals surface area contributed by atoms with Crippen LogP contribution in [-0.2, 0) is 14.4 Å². The number of hydrogen-bond acceptors (Lipinski definition) is 5. The van der Waals surface area contributed by atoms with Crippen molar-refractivity contribution >= 4 is 30.4 Å².